The fourth-order valence-corrected chi connectivity index (χ4v) is 3.02. The number of carbonyl (C=O) groups excluding carboxylic acids is 1. The molecule has 1 N–H and O–H groups in total. The molecule has 1 amide bonds. The zero-order chi connectivity index (χ0) is 16.8. The van der Waals surface area contributed by atoms with Crippen LogP contribution in [0.1, 0.15) is 35.8 Å². The van der Waals surface area contributed by atoms with Crippen molar-refractivity contribution in [1.29, 1.82) is 0 Å². The van der Waals surface area contributed by atoms with Gasteiger partial charge in [0.1, 0.15) is 0 Å². The number of aromatic nitrogens is 3. The highest BCUT2D eigenvalue weighted by Crippen LogP contribution is 2.19. The molecule has 6 nitrogen and oxygen atoms in total. The molecule has 3 rings (SSSR count). The standard InChI is InChI=1S/C18H23N5O/c1-2-16-11-15(6-9-19-16)17(24)22-12-14-5-3-10-23(13-14)18-20-7-4-8-21-18/h4,6-9,11,14H,2-3,5,10,12-13H2,1H3,(H,22,24)/t14-/m1/s1. The van der Waals surface area contributed by atoms with Gasteiger partial charge in [0.25, 0.3) is 5.91 Å². The van der Waals surface area contributed by atoms with Crippen LogP contribution in [-0.4, -0.2) is 40.5 Å². The lowest BCUT2D eigenvalue weighted by atomic mass is 9.98. The fraction of sp³-hybridized carbons (Fsp3) is 0.444. The van der Waals surface area contributed by atoms with Gasteiger partial charge < -0.3 is 10.2 Å². The second kappa shape index (κ2) is 7.86. The van der Waals surface area contributed by atoms with E-state index in [2.05, 4.69) is 25.2 Å². The molecule has 2 aromatic heterocycles. The lowest BCUT2D eigenvalue weighted by Gasteiger charge is -2.32. The molecule has 6 heteroatoms. The van der Waals surface area contributed by atoms with Crippen LogP contribution in [0.4, 0.5) is 5.95 Å². The van der Waals surface area contributed by atoms with Crippen LogP contribution < -0.4 is 10.2 Å². The molecule has 2 aromatic rings. The van der Waals surface area contributed by atoms with Crippen LogP contribution in [0.3, 0.4) is 0 Å². The number of pyridine rings is 1. The van der Waals surface area contributed by atoms with E-state index in [0.29, 0.717) is 18.0 Å². The van der Waals surface area contributed by atoms with Gasteiger partial charge in [-0.1, -0.05) is 6.92 Å². The van der Waals surface area contributed by atoms with Crippen molar-refractivity contribution in [2.24, 2.45) is 5.92 Å². The first-order chi connectivity index (χ1) is 11.8. The predicted molar refractivity (Wildman–Crippen MR) is 92.9 cm³/mol. The highest BCUT2D eigenvalue weighted by molar-refractivity contribution is 5.94. The van der Waals surface area contributed by atoms with E-state index >= 15 is 0 Å². The lowest BCUT2D eigenvalue weighted by Crippen LogP contribution is -2.41. The van der Waals surface area contributed by atoms with Crippen LogP contribution in [0.15, 0.2) is 36.8 Å². The van der Waals surface area contributed by atoms with Gasteiger partial charge in [0.15, 0.2) is 0 Å². The van der Waals surface area contributed by atoms with Gasteiger partial charge >= 0.3 is 0 Å². The summed E-state index contributed by atoms with van der Waals surface area (Å²) in [5.74, 6) is 1.16. The van der Waals surface area contributed by atoms with Gasteiger partial charge in [0.05, 0.1) is 0 Å². The Morgan fingerprint density at radius 1 is 1.29 bits per heavy atom. The second-order valence-corrected chi connectivity index (χ2v) is 6.10. The van der Waals surface area contributed by atoms with E-state index in [-0.39, 0.29) is 5.91 Å². The summed E-state index contributed by atoms with van der Waals surface area (Å²) in [6.07, 6.45) is 8.26. The molecule has 1 aliphatic heterocycles. The quantitative estimate of drug-likeness (QED) is 0.911. The van der Waals surface area contributed by atoms with E-state index in [0.717, 1.165) is 44.0 Å². The molecule has 0 unspecified atom stereocenters. The van der Waals surface area contributed by atoms with Crippen molar-refractivity contribution in [2.75, 3.05) is 24.5 Å². The first kappa shape index (κ1) is 16.4. The van der Waals surface area contributed by atoms with Crippen LogP contribution in [-0.2, 0) is 6.42 Å². The number of rotatable bonds is 5. The highest BCUT2D eigenvalue weighted by atomic mass is 16.1. The molecule has 0 aliphatic carbocycles. The Balaban J connectivity index is 1.55. The molecule has 1 fully saturated rings. The molecule has 1 atom stereocenters. The number of carbonyl (C=O) groups is 1. The summed E-state index contributed by atoms with van der Waals surface area (Å²) in [6.45, 7) is 4.55. The molecule has 126 valence electrons. The maximum absolute atomic E-state index is 12.3. The topological polar surface area (TPSA) is 71.0 Å². The maximum atomic E-state index is 12.3. The Hall–Kier alpha value is -2.50. The van der Waals surface area contributed by atoms with E-state index in [1.165, 1.54) is 0 Å². The predicted octanol–water partition coefficient (Wildman–Crippen LogP) is 2.08. The largest absolute Gasteiger partial charge is 0.352 e. The van der Waals surface area contributed by atoms with Crippen LogP contribution in [0.2, 0.25) is 0 Å². The molecule has 0 radical (unpaired) electrons. The van der Waals surface area contributed by atoms with Crippen molar-refractivity contribution in [3.05, 3.63) is 48.0 Å². The van der Waals surface area contributed by atoms with Gasteiger partial charge in [-0.2, -0.15) is 0 Å². The number of anilines is 1. The third-order valence-corrected chi connectivity index (χ3v) is 4.35. The number of hydrogen-bond donors (Lipinski definition) is 1. The number of nitrogens with zero attached hydrogens (tertiary/aromatic N) is 4. The summed E-state index contributed by atoms with van der Waals surface area (Å²) in [6, 6.07) is 5.45. The van der Waals surface area contributed by atoms with Gasteiger partial charge in [-0.15, -0.1) is 0 Å². The van der Waals surface area contributed by atoms with Gasteiger partial charge in [-0.3, -0.25) is 9.78 Å². The normalized spacial score (nSPS) is 17.5. The first-order valence-electron chi connectivity index (χ1n) is 8.51. The van der Waals surface area contributed by atoms with Crippen molar-refractivity contribution in [3.63, 3.8) is 0 Å². The van der Waals surface area contributed by atoms with E-state index in [1.54, 1.807) is 24.7 Å². The average Bonchev–Trinajstić information content (AvgIpc) is 2.67. The first-order valence-corrected chi connectivity index (χ1v) is 8.51. The Morgan fingerprint density at radius 2 is 2.12 bits per heavy atom. The monoisotopic (exact) mass is 325 g/mol. The SMILES string of the molecule is CCc1cc(C(=O)NC[C@H]2CCCN(c3ncccn3)C2)ccn1. The third-order valence-electron chi connectivity index (χ3n) is 4.35. The Kier molecular flexibility index (Phi) is 5.36. The van der Waals surface area contributed by atoms with E-state index in [4.69, 9.17) is 0 Å². The van der Waals surface area contributed by atoms with Crippen molar-refractivity contribution >= 4 is 11.9 Å². The molecule has 0 aromatic carbocycles. The molecule has 0 spiro atoms. The van der Waals surface area contributed by atoms with Gasteiger partial charge in [-0.25, -0.2) is 9.97 Å². The lowest BCUT2D eigenvalue weighted by molar-refractivity contribution is 0.0945. The summed E-state index contributed by atoms with van der Waals surface area (Å²) in [7, 11) is 0. The number of nitrogens with one attached hydrogen (secondary N) is 1. The molecule has 24 heavy (non-hydrogen) atoms. The zero-order valence-corrected chi connectivity index (χ0v) is 14.0. The maximum Gasteiger partial charge on any atom is 0.251 e. The van der Waals surface area contributed by atoms with Crippen molar-refractivity contribution < 1.29 is 4.79 Å². The van der Waals surface area contributed by atoms with E-state index in [1.807, 2.05) is 19.1 Å². The number of hydrogen-bond acceptors (Lipinski definition) is 5. The van der Waals surface area contributed by atoms with Crippen LogP contribution in [0, 0.1) is 5.92 Å². The smallest absolute Gasteiger partial charge is 0.251 e. The Bertz CT molecular complexity index is 676. The van der Waals surface area contributed by atoms with Crippen LogP contribution in [0.5, 0.6) is 0 Å². The summed E-state index contributed by atoms with van der Waals surface area (Å²) in [5.41, 5.74) is 1.62. The molecule has 0 saturated carbocycles. The van der Waals surface area contributed by atoms with Crippen LogP contribution >= 0.6 is 0 Å². The third kappa shape index (κ3) is 4.07. The molecule has 0 bridgehead atoms. The summed E-state index contributed by atoms with van der Waals surface area (Å²) in [4.78, 5) is 27.4. The number of amides is 1. The van der Waals surface area contributed by atoms with E-state index in [9.17, 15) is 4.79 Å². The van der Waals surface area contributed by atoms with Crippen molar-refractivity contribution in [1.82, 2.24) is 20.3 Å². The Morgan fingerprint density at radius 3 is 2.92 bits per heavy atom. The number of aryl methyl sites for hydroxylation is 1. The minimum Gasteiger partial charge on any atom is -0.352 e. The van der Waals surface area contributed by atoms with Crippen LogP contribution in [0.25, 0.3) is 0 Å². The summed E-state index contributed by atoms with van der Waals surface area (Å²) in [5, 5.41) is 3.06. The molecule has 3 heterocycles. The second-order valence-electron chi connectivity index (χ2n) is 6.10. The van der Waals surface area contributed by atoms with Gasteiger partial charge in [0, 0.05) is 49.5 Å². The van der Waals surface area contributed by atoms with Gasteiger partial charge in [0.2, 0.25) is 5.95 Å². The average molecular weight is 325 g/mol. The van der Waals surface area contributed by atoms with Gasteiger partial charge in [-0.05, 0) is 43.4 Å². The Labute approximate surface area is 142 Å². The zero-order valence-electron chi connectivity index (χ0n) is 14.0. The summed E-state index contributed by atoms with van der Waals surface area (Å²) < 4.78 is 0. The molecule has 1 aliphatic rings. The molecule has 1 saturated heterocycles. The summed E-state index contributed by atoms with van der Waals surface area (Å²) >= 11 is 0. The highest BCUT2D eigenvalue weighted by Gasteiger charge is 2.22. The minimum absolute atomic E-state index is 0.0276. The molecular formula is C18H23N5O. The minimum atomic E-state index is -0.0276. The van der Waals surface area contributed by atoms with Crippen molar-refractivity contribution in [3.8, 4) is 0 Å². The number of piperidine rings is 1. The van der Waals surface area contributed by atoms with E-state index < -0.39 is 0 Å². The fourth-order valence-electron chi connectivity index (χ4n) is 3.02. The molecular weight excluding hydrogens is 302 g/mol. The van der Waals surface area contributed by atoms with Crippen molar-refractivity contribution in [2.45, 2.75) is 26.2 Å².